The zero-order chi connectivity index (χ0) is 56.5. The van der Waals surface area contributed by atoms with E-state index in [1.165, 1.54) is 32.5 Å². The Morgan fingerprint density at radius 2 is 0.936 bits per heavy atom. The molecule has 0 aromatic carbocycles. The van der Waals surface area contributed by atoms with Crippen LogP contribution in [0.4, 0.5) is 0 Å². The number of carbonyl (C=O) groups is 2. The third-order valence-electron chi connectivity index (χ3n) is 28.3. The van der Waals surface area contributed by atoms with E-state index >= 15 is 0 Å². The van der Waals surface area contributed by atoms with Crippen molar-refractivity contribution in [1.82, 2.24) is 9.13 Å². The predicted octanol–water partition coefficient (Wildman–Crippen LogP) is 13.4. The minimum Gasteiger partial charge on any atom is -0.463 e. The molecule has 0 amide bonds. The van der Waals surface area contributed by atoms with Gasteiger partial charge >= 0.3 is 17.6 Å². The fourth-order valence-corrected chi connectivity index (χ4v) is 22.9. The SMILES string of the molecule is CC1(C)CC[C@]2(C(=O)OCCn3ccc(=O)n(CCOC(=O)[C@]45CCC(C)(C)C[C@H]4C4=CC[C@@H]6[C@@]7(C)CC[C@H](O)C(C)(C)[C@@H]7CC[C@@]6(C)[C@]4(C)CC5)c3=O)CC[C@]3(C)C(=CC[C@@H]4[C@@]5(C)CC[C@H](O)C(C)(C)[C@@H]5CC[C@]43C)[C@@H]2C1. The van der Waals surface area contributed by atoms with Crippen LogP contribution in [0, 0.1) is 100 Å². The molecule has 10 heteroatoms. The maximum atomic E-state index is 14.9. The van der Waals surface area contributed by atoms with E-state index in [0.717, 1.165) is 128 Å². The molecule has 0 spiro atoms. The Morgan fingerprint density at radius 1 is 0.526 bits per heavy atom. The van der Waals surface area contributed by atoms with Crippen molar-refractivity contribution < 1.29 is 29.3 Å². The fourth-order valence-electron chi connectivity index (χ4n) is 22.9. The van der Waals surface area contributed by atoms with E-state index in [-0.39, 0.29) is 116 Å². The molecule has 10 aliphatic rings. The van der Waals surface area contributed by atoms with Crippen molar-refractivity contribution in [2.75, 3.05) is 13.2 Å². The number of carbonyl (C=O) groups excluding carboxylic acids is 2. The van der Waals surface area contributed by atoms with Crippen molar-refractivity contribution >= 4 is 11.9 Å². The van der Waals surface area contributed by atoms with Crippen LogP contribution in [-0.4, -0.2) is 56.7 Å². The van der Waals surface area contributed by atoms with Crippen molar-refractivity contribution in [3.63, 3.8) is 0 Å². The summed E-state index contributed by atoms with van der Waals surface area (Å²) in [4.78, 5) is 57.4. The second kappa shape index (κ2) is 18.3. The van der Waals surface area contributed by atoms with E-state index in [2.05, 4.69) is 109 Å². The van der Waals surface area contributed by atoms with Crippen LogP contribution in [0.25, 0.3) is 0 Å². The maximum absolute atomic E-state index is 14.9. The molecule has 8 saturated carbocycles. The summed E-state index contributed by atoms with van der Waals surface area (Å²) in [6.45, 7) is 34.0. The van der Waals surface area contributed by atoms with Crippen LogP contribution in [0.5, 0.6) is 0 Å². The third-order valence-corrected chi connectivity index (χ3v) is 28.3. The molecule has 0 unspecified atom stereocenters. The first-order valence-electron chi connectivity index (χ1n) is 31.7. The summed E-state index contributed by atoms with van der Waals surface area (Å²) in [5.41, 5.74) is 1.05. The van der Waals surface area contributed by atoms with Crippen molar-refractivity contribution in [2.24, 2.45) is 100 Å². The average molecular weight is 1080 g/mol. The second-order valence-corrected chi connectivity index (χ2v) is 33.0. The molecule has 11 rings (SSSR count). The number of ether oxygens (including phenoxy) is 2. The molecule has 2 N–H and O–H groups in total. The topological polar surface area (TPSA) is 137 Å². The Hall–Kier alpha value is -2.98. The van der Waals surface area contributed by atoms with Gasteiger partial charge in [0.15, 0.2) is 0 Å². The summed E-state index contributed by atoms with van der Waals surface area (Å²) in [5, 5.41) is 22.4. The Bertz CT molecular complexity index is 2780. The number of nitrogens with zero attached hydrogens (tertiary/aromatic N) is 2. The van der Waals surface area contributed by atoms with Crippen LogP contribution < -0.4 is 11.2 Å². The van der Waals surface area contributed by atoms with E-state index in [0.29, 0.717) is 23.7 Å². The summed E-state index contributed by atoms with van der Waals surface area (Å²) < 4.78 is 15.3. The number of aliphatic hydroxyl groups excluding tert-OH is 2. The molecule has 1 aromatic heterocycles. The van der Waals surface area contributed by atoms with Gasteiger partial charge < -0.3 is 19.7 Å². The van der Waals surface area contributed by atoms with E-state index in [1.807, 2.05) is 0 Å². The molecular weight excluding hydrogens is 973 g/mol. The number of rotatable bonds is 8. The zero-order valence-corrected chi connectivity index (χ0v) is 51.1. The van der Waals surface area contributed by atoms with Gasteiger partial charge in [-0.2, -0.15) is 0 Å². The quantitative estimate of drug-likeness (QED) is 0.194. The highest BCUT2D eigenvalue weighted by atomic mass is 16.5. The van der Waals surface area contributed by atoms with Crippen LogP contribution >= 0.6 is 0 Å². The lowest BCUT2D eigenvalue weighted by molar-refractivity contribution is -0.206. The molecule has 16 atom stereocenters. The van der Waals surface area contributed by atoms with Crippen LogP contribution in [0.3, 0.4) is 0 Å². The van der Waals surface area contributed by atoms with Crippen molar-refractivity contribution in [2.45, 2.75) is 251 Å². The van der Waals surface area contributed by atoms with Crippen LogP contribution in [0.15, 0.2) is 45.2 Å². The first kappa shape index (κ1) is 56.9. The van der Waals surface area contributed by atoms with Crippen molar-refractivity contribution in [1.29, 1.82) is 0 Å². The number of aromatic nitrogens is 2. The van der Waals surface area contributed by atoms with Gasteiger partial charge in [0.05, 0.1) is 36.1 Å². The van der Waals surface area contributed by atoms with Crippen molar-refractivity contribution in [3.05, 3.63) is 56.4 Å². The van der Waals surface area contributed by atoms with Crippen LogP contribution in [0.1, 0.15) is 225 Å². The lowest BCUT2D eigenvalue weighted by Crippen LogP contribution is -2.65. The monoisotopic (exact) mass is 1080 g/mol. The van der Waals surface area contributed by atoms with Crippen LogP contribution in [0.2, 0.25) is 0 Å². The molecule has 0 saturated heterocycles. The molecule has 8 fully saturated rings. The third kappa shape index (κ3) is 7.82. The van der Waals surface area contributed by atoms with E-state index in [9.17, 15) is 29.4 Å². The van der Waals surface area contributed by atoms with E-state index in [1.54, 1.807) is 0 Å². The number of allylic oxidation sites excluding steroid dienone is 4. The molecular formula is C68H104N2O8. The Labute approximate surface area is 469 Å². The number of esters is 2. The normalized spacial score (nSPS) is 46.3. The summed E-state index contributed by atoms with van der Waals surface area (Å²) in [7, 11) is 0. The van der Waals surface area contributed by atoms with Gasteiger partial charge in [0.1, 0.15) is 13.2 Å². The molecule has 10 nitrogen and oxygen atoms in total. The fraction of sp³-hybridized carbons (Fsp3) is 0.853. The molecule has 1 heterocycles. The largest absolute Gasteiger partial charge is 0.463 e. The first-order valence-corrected chi connectivity index (χ1v) is 31.7. The lowest BCUT2D eigenvalue weighted by atomic mass is 9.33. The first-order chi connectivity index (χ1) is 36.2. The summed E-state index contributed by atoms with van der Waals surface area (Å²) in [6, 6.07) is 1.40. The Balaban J connectivity index is 0.771. The number of fused-ring (bicyclic) bond motifs is 14. The summed E-state index contributed by atoms with van der Waals surface area (Å²) >= 11 is 0. The molecule has 10 aliphatic carbocycles. The van der Waals surface area contributed by atoms with Gasteiger partial charge in [0, 0.05) is 12.3 Å². The van der Waals surface area contributed by atoms with Gasteiger partial charge in [-0.25, -0.2) is 4.79 Å². The van der Waals surface area contributed by atoms with Gasteiger partial charge in [0.2, 0.25) is 0 Å². The van der Waals surface area contributed by atoms with Gasteiger partial charge in [-0.1, -0.05) is 120 Å². The summed E-state index contributed by atoms with van der Waals surface area (Å²) in [6.07, 6.45) is 25.3. The van der Waals surface area contributed by atoms with Gasteiger partial charge in [-0.3, -0.25) is 23.5 Å². The summed E-state index contributed by atoms with van der Waals surface area (Å²) in [5.74, 6) is 1.80. The molecule has 0 aliphatic heterocycles. The molecule has 78 heavy (non-hydrogen) atoms. The Kier molecular flexibility index (Phi) is 13.3. The molecule has 0 bridgehead atoms. The molecule has 434 valence electrons. The Morgan fingerprint density at radius 3 is 1.37 bits per heavy atom. The second-order valence-electron chi connectivity index (χ2n) is 33.0. The van der Waals surface area contributed by atoms with Gasteiger partial charge in [0.25, 0.3) is 5.56 Å². The number of aliphatic hydroxyl groups is 2. The van der Waals surface area contributed by atoms with E-state index in [4.69, 9.17) is 9.47 Å². The minimum absolute atomic E-state index is 0.0248. The zero-order valence-electron chi connectivity index (χ0n) is 51.1. The standard InChI is InChI=1S/C68H104N2O8/c1-57(2)28-32-67(34-30-63(11)43(45(67)41-57)15-17-49-61(9)24-21-51(71)59(5,6)47(61)19-26-65(49,63)13)54(74)77-39-37-69-36-23-53(73)70(56(69)76)38-40-78-55(75)68-33-29-58(3,4)42-46(68)44-16-18-50-62(10)25-22-52(72)60(7,8)48(62)20-27-66(50,14)64(44,12)31-35-68/h15-16,23,36,45-52,71-72H,17-22,24-35,37-42H2,1-14H3/t45-,46-,47-,48-,49+,50+,51-,52-,61-,62-,63+,64+,65+,66+,67-,68-/m0/s1. The van der Waals surface area contributed by atoms with E-state index < -0.39 is 22.1 Å². The minimum atomic E-state index is -0.652. The highest BCUT2D eigenvalue weighted by Gasteiger charge is 2.72. The van der Waals surface area contributed by atoms with Crippen molar-refractivity contribution in [3.8, 4) is 0 Å². The van der Waals surface area contributed by atoms with Gasteiger partial charge in [-0.05, 0) is 218 Å². The number of hydrogen-bond acceptors (Lipinski definition) is 8. The smallest absolute Gasteiger partial charge is 0.331 e. The highest BCUT2D eigenvalue weighted by Crippen LogP contribution is 2.78. The number of hydrogen-bond donors (Lipinski definition) is 2. The lowest BCUT2D eigenvalue weighted by Gasteiger charge is -2.71. The molecule has 0 radical (unpaired) electrons. The molecule has 1 aromatic rings. The van der Waals surface area contributed by atoms with Crippen LogP contribution in [-0.2, 0) is 32.2 Å². The maximum Gasteiger partial charge on any atom is 0.331 e. The highest BCUT2D eigenvalue weighted by molar-refractivity contribution is 5.79. The average Bonchev–Trinajstić information content (AvgIpc) is 3.42. The predicted molar refractivity (Wildman–Crippen MR) is 307 cm³/mol. The van der Waals surface area contributed by atoms with Gasteiger partial charge in [-0.15, -0.1) is 0 Å².